The maximum atomic E-state index is 13.3. The Bertz CT molecular complexity index is 641. The molecule has 0 fully saturated rings. The summed E-state index contributed by atoms with van der Waals surface area (Å²) in [5.41, 5.74) is 6.65. The molecule has 1 amide bonds. The van der Waals surface area contributed by atoms with Gasteiger partial charge in [0.2, 0.25) is 0 Å². The van der Waals surface area contributed by atoms with E-state index in [0.29, 0.717) is 11.3 Å². The molecule has 2 aromatic carbocycles. The van der Waals surface area contributed by atoms with Crippen molar-refractivity contribution >= 4 is 17.3 Å². The number of carbonyl (C=O) groups excluding carboxylic acids is 1. The van der Waals surface area contributed by atoms with Crippen molar-refractivity contribution in [3.63, 3.8) is 0 Å². The standard InChI is InChI=1S/C14H13FN2O2/c1-8-7-9(18)5-6-12(8)17-14(19)10-3-2-4-11(15)13(10)16/h2-7,18H,16H2,1H3,(H,17,19). The van der Waals surface area contributed by atoms with Gasteiger partial charge >= 0.3 is 0 Å². The van der Waals surface area contributed by atoms with E-state index in [1.807, 2.05) is 0 Å². The van der Waals surface area contributed by atoms with Crippen molar-refractivity contribution in [1.29, 1.82) is 0 Å². The minimum absolute atomic E-state index is 0.0764. The van der Waals surface area contributed by atoms with Crippen LogP contribution in [-0.4, -0.2) is 11.0 Å². The third-order valence-electron chi connectivity index (χ3n) is 2.76. The van der Waals surface area contributed by atoms with Gasteiger partial charge in [-0.15, -0.1) is 0 Å². The summed E-state index contributed by atoms with van der Waals surface area (Å²) in [4.78, 5) is 12.0. The lowest BCUT2D eigenvalue weighted by Gasteiger charge is -2.10. The Balaban J connectivity index is 2.28. The van der Waals surface area contributed by atoms with Crippen molar-refractivity contribution in [2.45, 2.75) is 6.92 Å². The zero-order chi connectivity index (χ0) is 14.0. The minimum atomic E-state index is -0.630. The van der Waals surface area contributed by atoms with Crippen LogP contribution in [0.1, 0.15) is 15.9 Å². The van der Waals surface area contributed by atoms with Crippen molar-refractivity contribution in [3.05, 3.63) is 53.3 Å². The summed E-state index contributed by atoms with van der Waals surface area (Å²) >= 11 is 0. The van der Waals surface area contributed by atoms with E-state index in [4.69, 9.17) is 5.73 Å². The van der Waals surface area contributed by atoms with E-state index < -0.39 is 11.7 Å². The number of benzene rings is 2. The molecule has 0 saturated heterocycles. The molecule has 5 heteroatoms. The topological polar surface area (TPSA) is 75.3 Å². The number of aromatic hydroxyl groups is 1. The highest BCUT2D eigenvalue weighted by Crippen LogP contribution is 2.22. The van der Waals surface area contributed by atoms with Crippen LogP contribution < -0.4 is 11.1 Å². The van der Waals surface area contributed by atoms with Crippen molar-refractivity contribution in [2.24, 2.45) is 0 Å². The summed E-state index contributed by atoms with van der Waals surface area (Å²) in [5.74, 6) is -1.01. The summed E-state index contributed by atoms with van der Waals surface area (Å²) in [6.45, 7) is 1.74. The summed E-state index contributed by atoms with van der Waals surface area (Å²) < 4.78 is 13.3. The Hall–Kier alpha value is -2.56. The van der Waals surface area contributed by atoms with Gasteiger partial charge in [0.25, 0.3) is 5.91 Å². The molecule has 0 heterocycles. The first kappa shape index (κ1) is 12.9. The first-order chi connectivity index (χ1) is 8.99. The summed E-state index contributed by atoms with van der Waals surface area (Å²) in [7, 11) is 0. The number of amides is 1. The van der Waals surface area contributed by atoms with Gasteiger partial charge in [0, 0.05) is 5.69 Å². The molecule has 19 heavy (non-hydrogen) atoms. The number of anilines is 2. The average Bonchev–Trinajstić information content (AvgIpc) is 2.36. The average molecular weight is 260 g/mol. The van der Waals surface area contributed by atoms with Crippen LogP contribution in [0.5, 0.6) is 5.75 Å². The Kier molecular flexibility index (Phi) is 3.37. The molecule has 4 N–H and O–H groups in total. The number of nitrogens with two attached hydrogens (primary N) is 1. The Morgan fingerprint density at radius 2 is 2.05 bits per heavy atom. The number of carbonyl (C=O) groups is 1. The molecule has 4 nitrogen and oxygen atoms in total. The number of aryl methyl sites for hydroxylation is 1. The van der Waals surface area contributed by atoms with Gasteiger partial charge in [0.1, 0.15) is 11.6 Å². The fourth-order valence-electron chi connectivity index (χ4n) is 1.71. The number of rotatable bonds is 2. The predicted molar refractivity (Wildman–Crippen MR) is 71.6 cm³/mol. The molecule has 0 aliphatic rings. The Morgan fingerprint density at radius 1 is 1.32 bits per heavy atom. The second kappa shape index (κ2) is 4.97. The molecule has 0 aromatic heterocycles. The number of para-hydroxylation sites is 1. The van der Waals surface area contributed by atoms with E-state index in [0.717, 1.165) is 0 Å². The van der Waals surface area contributed by atoms with Crippen LogP contribution in [0.15, 0.2) is 36.4 Å². The number of halogens is 1. The molecule has 2 rings (SSSR count). The van der Waals surface area contributed by atoms with Crippen LogP contribution in [0.25, 0.3) is 0 Å². The minimum Gasteiger partial charge on any atom is -0.508 e. The van der Waals surface area contributed by atoms with E-state index in [-0.39, 0.29) is 17.0 Å². The summed E-state index contributed by atoms with van der Waals surface area (Å²) in [6.07, 6.45) is 0. The van der Waals surface area contributed by atoms with E-state index in [2.05, 4.69) is 5.32 Å². The van der Waals surface area contributed by atoms with Gasteiger partial charge in [0.05, 0.1) is 11.3 Å². The quantitative estimate of drug-likeness (QED) is 0.574. The van der Waals surface area contributed by atoms with Gasteiger partial charge in [-0.2, -0.15) is 0 Å². The Morgan fingerprint density at radius 3 is 2.74 bits per heavy atom. The molecule has 0 atom stereocenters. The fraction of sp³-hybridized carbons (Fsp3) is 0.0714. The van der Waals surface area contributed by atoms with Crippen molar-refractivity contribution < 1.29 is 14.3 Å². The summed E-state index contributed by atoms with van der Waals surface area (Å²) in [6, 6.07) is 8.60. The van der Waals surface area contributed by atoms with E-state index in [1.54, 1.807) is 13.0 Å². The number of hydrogen-bond acceptors (Lipinski definition) is 3. The number of hydrogen-bond donors (Lipinski definition) is 3. The van der Waals surface area contributed by atoms with Crippen LogP contribution in [0.2, 0.25) is 0 Å². The lowest BCUT2D eigenvalue weighted by atomic mass is 10.1. The molecular weight excluding hydrogens is 247 g/mol. The highest BCUT2D eigenvalue weighted by Gasteiger charge is 2.13. The third kappa shape index (κ3) is 2.65. The lowest BCUT2D eigenvalue weighted by molar-refractivity contribution is 0.102. The first-order valence-electron chi connectivity index (χ1n) is 5.64. The van der Waals surface area contributed by atoms with Crippen molar-refractivity contribution in [1.82, 2.24) is 0 Å². The van der Waals surface area contributed by atoms with E-state index in [1.165, 1.54) is 30.3 Å². The van der Waals surface area contributed by atoms with Gasteiger partial charge < -0.3 is 16.2 Å². The second-order valence-corrected chi connectivity index (χ2v) is 4.15. The number of phenolic OH excluding ortho intramolecular Hbond substituents is 1. The SMILES string of the molecule is Cc1cc(O)ccc1NC(=O)c1cccc(F)c1N. The van der Waals surface area contributed by atoms with Crippen LogP contribution >= 0.6 is 0 Å². The normalized spacial score (nSPS) is 10.2. The highest BCUT2D eigenvalue weighted by atomic mass is 19.1. The van der Waals surface area contributed by atoms with Gasteiger partial charge in [-0.1, -0.05) is 6.07 Å². The number of phenols is 1. The van der Waals surface area contributed by atoms with Gasteiger partial charge in [-0.25, -0.2) is 4.39 Å². The van der Waals surface area contributed by atoms with E-state index >= 15 is 0 Å². The van der Waals surface area contributed by atoms with Crippen LogP contribution in [0.4, 0.5) is 15.8 Å². The Labute approximate surface area is 109 Å². The van der Waals surface area contributed by atoms with Crippen molar-refractivity contribution in [3.8, 4) is 5.75 Å². The fourth-order valence-corrected chi connectivity index (χ4v) is 1.71. The largest absolute Gasteiger partial charge is 0.508 e. The number of nitrogens with one attached hydrogen (secondary N) is 1. The first-order valence-corrected chi connectivity index (χ1v) is 5.64. The molecule has 0 spiro atoms. The molecule has 0 bridgehead atoms. The zero-order valence-electron chi connectivity index (χ0n) is 10.3. The van der Waals surface area contributed by atoms with Gasteiger partial charge in [0.15, 0.2) is 0 Å². The maximum Gasteiger partial charge on any atom is 0.257 e. The molecule has 0 aliphatic heterocycles. The van der Waals surface area contributed by atoms with Crippen LogP contribution in [-0.2, 0) is 0 Å². The summed E-state index contributed by atoms with van der Waals surface area (Å²) in [5, 5.41) is 11.9. The number of nitrogen functional groups attached to an aromatic ring is 1. The zero-order valence-corrected chi connectivity index (χ0v) is 10.3. The molecule has 0 saturated carbocycles. The van der Waals surface area contributed by atoms with Crippen LogP contribution in [0, 0.1) is 12.7 Å². The van der Waals surface area contributed by atoms with Gasteiger partial charge in [-0.3, -0.25) is 4.79 Å². The predicted octanol–water partition coefficient (Wildman–Crippen LogP) is 2.67. The maximum absolute atomic E-state index is 13.3. The van der Waals surface area contributed by atoms with E-state index in [9.17, 15) is 14.3 Å². The molecule has 0 radical (unpaired) electrons. The lowest BCUT2D eigenvalue weighted by Crippen LogP contribution is -2.15. The molecule has 98 valence electrons. The molecular formula is C14H13FN2O2. The second-order valence-electron chi connectivity index (χ2n) is 4.15. The molecule has 2 aromatic rings. The molecule has 0 unspecified atom stereocenters. The third-order valence-corrected chi connectivity index (χ3v) is 2.76. The van der Waals surface area contributed by atoms with Crippen LogP contribution in [0.3, 0.4) is 0 Å². The smallest absolute Gasteiger partial charge is 0.257 e. The highest BCUT2D eigenvalue weighted by molar-refractivity contribution is 6.08. The van der Waals surface area contributed by atoms with Crippen molar-refractivity contribution in [2.75, 3.05) is 11.1 Å². The monoisotopic (exact) mass is 260 g/mol. The molecule has 0 aliphatic carbocycles. The van der Waals surface area contributed by atoms with Gasteiger partial charge in [-0.05, 0) is 42.8 Å².